The van der Waals surface area contributed by atoms with Crippen molar-refractivity contribution in [1.82, 2.24) is 5.16 Å². The molecule has 0 aliphatic rings. The smallest absolute Gasteiger partial charge is 0.170 e. The van der Waals surface area contributed by atoms with Gasteiger partial charge in [0.1, 0.15) is 11.5 Å². The van der Waals surface area contributed by atoms with E-state index in [1.165, 1.54) is 0 Å². The number of benzene rings is 1. The lowest BCUT2D eigenvalue weighted by Crippen LogP contribution is -1.89. The molecule has 2 rings (SSSR count). The second-order valence-corrected chi connectivity index (χ2v) is 2.94. The molecule has 0 atom stereocenters. The van der Waals surface area contributed by atoms with Crippen LogP contribution in [0.3, 0.4) is 0 Å². The summed E-state index contributed by atoms with van der Waals surface area (Å²) in [5, 5.41) is 3.66. The maximum absolute atomic E-state index is 5.23. The van der Waals surface area contributed by atoms with E-state index >= 15 is 0 Å². The maximum Gasteiger partial charge on any atom is 0.170 e. The fraction of sp³-hybridized carbons (Fsp3) is 0.182. The highest BCUT2D eigenvalue weighted by Gasteiger charge is 2.10. The molecular weight excluding hydrogens is 194 g/mol. The van der Waals surface area contributed by atoms with Gasteiger partial charge in [0, 0.05) is 6.07 Å². The molecule has 4 nitrogen and oxygen atoms in total. The summed E-state index contributed by atoms with van der Waals surface area (Å²) in [4.78, 5) is 0. The number of methoxy groups -OCH3 is 2. The van der Waals surface area contributed by atoms with Crippen molar-refractivity contribution >= 4 is 0 Å². The molecule has 0 bridgehead atoms. The van der Waals surface area contributed by atoms with Crippen LogP contribution in [0.5, 0.6) is 11.5 Å². The lowest BCUT2D eigenvalue weighted by atomic mass is 10.1. The second kappa shape index (κ2) is 4.04. The van der Waals surface area contributed by atoms with Crippen molar-refractivity contribution < 1.29 is 14.0 Å². The molecule has 0 saturated carbocycles. The second-order valence-electron chi connectivity index (χ2n) is 2.94. The van der Waals surface area contributed by atoms with Crippen LogP contribution in [0.15, 0.2) is 35.0 Å². The molecule has 1 aromatic heterocycles. The minimum absolute atomic E-state index is 0.658. The Morgan fingerprint density at radius 3 is 2.60 bits per heavy atom. The quantitative estimate of drug-likeness (QED) is 0.771. The van der Waals surface area contributed by atoms with E-state index in [0.717, 1.165) is 17.1 Å². The Morgan fingerprint density at radius 2 is 2.00 bits per heavy atom. The summed E-state index contributed by atoms with van der Waals surface area (Å²) >= 11 is 0. The summed E-state index contributed by atoms with van der Waals surface area (Å²) in [5.74, 6) is 2.14. The molecule has 0 unspecified atom stereocenters. The van der Waals surface area contributed by atoms with E-state index in [-0.39, 0.29) is 0 Å². The Morgan fingerprint density at radius 1 is 1.13 bits per heavy atom. The zero-order valence-electron chi connectivity index (χ0n) is 8.56. The molecule has 0 aliphatic carbocycles. The molecule has 1 aromatic carbocycles. The molecule has 15 heavy (non-hydrogen) atoms. The zero-order chi connectivity index (χ0) is 10.7. The Balaban J connectivity index is 2.52. The van der Waals surface area contributed by atoms with Gasteiger partial charge in [-0.15, -0.1) is 0 Å². The summed E-state index contributed by atoms with van der Waals surface area (Å²) in [5.41, 5.74) is 0.828. The molecule has 2 aromatic rings. The number of ether oxygens (including phenoxy) is 2. The van der Waals surface area contributed by atoms with Gasteiger partial charge in [0.05, 0.1) is 26.0 Å². The topological polar surface area (TPSA) is 44.5 Å². The number of nitrogens with zero attached hydrogens (tertiary/aromatic N) is 1. The number of hydrogen-bond donors (Lipinski definition) is 0. The van der Waals surface area contributed by atoms with Gasteiger partial charge < -0.3 is 14.0 Å². The van der Waals surface area contributed by atoms with Crippen molar-refractivity contribution in [1.29, 1.82) is 0 Å². The van der Waals surface area contributed by atoms with Crippen LogP contribution in [0.1, 0.15) is 0 Å². The molecule has 1 heterocycles. The average molecular weight is 205 g/mol. The summed E-state index contributed by atoms with van der Waals surface area (Å²) in [6.45, 7) is 0. The first-order chi connectivity index (χ1) is 7.35. The number of aromatic nitrogens is 1. The molecule has 0 aliphatic heterocycles. The third kappa shape index (κ3) is 1.79. The van der Waals surface area contributed by atoms with Gasteiger partial charge >= 0.3 is 0 Å². The van der Waals surface area contributed by atoms with Crippen LogP contribution in [0, 0.1) is 0 Å². The first kappa shape index (κ1) is 9.58. The van der Waals surface area contributed by atoms with E-state index in [1.807, 2.05) is 18.2 Å². The molecule has 0 N–H and O–H groups in total. The normalized spacial score (nSPS) is 10.0. The van der Waals surface area contributed by atoms with E-state index < -0.39 is 0 Å². The van der Waals surface area contributed by atoms with Crippen molar-refractivity contribution in [2.24, 2.45) is 0 Å². The molecule has 0 fully saturated rings. The minimum Gasteiger partial charge on any atom is -0.497 e. The minimum atomic E-state index is 0.658. The highest BCUT2D eigenvalue weighted by molar-refractivity contribution is 5.67. The van der Waals surface area contributed by atoms with Crippen molar-refractivity contribution in [2.45, 2.75) is 0 Å². The van der Waals surface area contributed by atoms with Crippen LogP contribution in [0.25, 0.3) is 11.3 Å². The molecule has 0 spiro atoms. The van der Waals surface area contributed by atoms with E-state index in [4.69, 9.17) is 14.0 Å². The van der Waals surface area contributed by atoms with Gasteiger partial charge in [0.15, 0.2) is 5.76 Å². The van der Waals surface area contributed by atoms with Crippen LogP contribution >= 0.6 is 0 Å². The largest absolute Gasteiger partial charge is 0.497 e. The average Bonchev–Trinajstić information content (AvgIpc) is 2.81. The third-order valence-corrected chi connectivity index (χ3v) is 2.11. The van der Waals surface area contributed by atoms with E-state index in [0.29, 0.717) is 5.76 Å². The molecule has 0 radical (unpaired) electrons. The Kier molecular flexibility index (Phi) is 2.58. The lowest BCUT2D eigenvalue weighted by Gasteiger charge is -2.07. The van der Waals surface area contributed by atoms with Gasteiger partial charge in [0.2, 0.25) is 0 Å². The van der Waals surface area contributed by atoms with Gasteiger partial charge in [-0.2, -0.15) is 0 Å². The lowest BCUT2D eigenvalue weighted by molar-refractivity contribution is 0.397. The molecule has 0 amide bonds. The van der Waals surface area contributed by atoms with Crippen molar-refractivity contribution in [2.75, 3.05) is 14.2 Å². The standard InChI is InChI=1S/C11H11NO3/c1-13-8-3-4-10(14-2)9(7-8)11-5-6-12-15-11/h3-7H,1-2H3. The molecule has 4 heteroatoms. The van der Waals surface area contributed by atoms with Gasteiger partial charge in [-0.1, -0.05) is 5.16 Å². The molecular formula is C11H11NO3. The van der Waals surface area contributed by atoms with Gasteiger partial charge in [-0.3, -0.25) is 0 Å². The fourth-order valence-electron chi connectivity index (χ4n) is 1.36. The van der Waals surface area contributed by atoms with Crippen LogP contribution in [0.4, 0.5) is 0 Å². The first-order valence-electron chi connectivity index (χ1n) is 4.48. The SMILES string of the molecule is COc1ccc(OC)c(-c2ccno2)c1. The van der Waals surface area contributed by atoms with Gasteiger partial charge in [0.25, 0.3) is 0 Å². The van der Waals surface area contributed by atoms with Gasteiger partial charge in [-0.25, -0.2) is 0 Å². The summed E-state index contributed by atoms with van der Waals surface area (Å²) in [7, 11) is 3.23. The zero-order valence-corrected chi connectivity index (χ0v) is 8.56. The van der Waals surface area contributed by atoms with E-state index in [2.05, 4.69) is 5.16 Å². The number of rotatable bonds is 3. The van der Waals surface area contributed by atoms with E-state index in [1.54, 1.807) is 26.5 Å². The summed E-state index contributed by atoms with van der Waals surface area (Å²) < 4.78 is 15.4. The van der Waals surface area contributed by atoms with Crippen molar-refractivity contribution in [3.8, 4) is 22.8 Å². The Labute approximate surface area is 87.4 Å². The number of hydrogen-bond acceptors (Lipinski definition) is 4. The summed E-state index contributed by atoms with van der Waals surface area (Å²) in [6.07, 6.45) is 1.59. The Hall–Kier alpha value is -1.97. The Bertz CT molecular complexity index is 437. The monoisotopic (exact) mass is 205 g/mol. The predicted octanol–water partition coefficient (Wildman–Crippen LogP) is 2.36. The van der Waals surface area contributed by atoms with Crippen molar-refractivity contribution in [3.05, 3.63) is 30.5 Å². The van der Waals surface area contributed by atoms with Crippen LogP contribution < -0.4 is 9.47 Å². The maximum atomic E-state index is 5.23. The van der Waals surface area contributed by atoms with Crippen LogP contribution in [0.2, 0.25) is 0 Å². The highest BCUT2D eigenvalue weighted by atomic mass is 16.5. The first-order valence-corrected chi connectivity index (χ1v) is 4.48. The van der Waals surface area contributed by atoms with Gasteiger partial charge in [-0.05, 0) is 18.2 Å². The highest BCUT2D eigenvalue weighted by Crippen LogP contribution is 2.32. The molecule has 0 saturated heterocycles. The fourth-order valence-corrected chi connectivity index (χ4v) is 1.36. The van der Waals surface area contributed by atoms with Crippen LogP contribution in [-0.2, 0) is 0 Å². The van der Waals surface area contributed by atoms with Crippen molar-refractivity contribution in [3.63, 3.8) is 0 Å². The summed E-state index contributed by atoms with van der Waals surface area (Å²) in [6, 6.07) is 7.28. The third-order valence-electron chi connectivity index (χ3n) is 2.11. The van der Waals surface area contributed by atoms with Crippen LogP contribution in [-0.4, -0.2) is 19.4 Å². The predicted molar refractivity (Wildman–Crippen MR) is 55.0 cm³/mol. The molecule has 78 valence electrons. The van der Waals surface area contributed by atoms with E-state index in [9.17, 15) is 0 Å².